The average molecular weight is 234 g/mol. The number of hydrogen-bond donors (Lipinski definition) is 2. The van der Waals surface area contributed by atoms with Gasteiger partial charge in [0.1, 0.15) is 0 Å². The van der Waals surface area contributed by atoms with Crippen LogP contribution in [-0.4, -0.2) is 36.2 Å². The molecule has 2 N–H and O–H groups in total. The van der Waals surface area contributed by atoms with Gasteiger partial charge in [-0.1, -0.05) is 18.2 Å². The van der Waals surface area contributed by atoms with Crippen LogP contribution in [0.3, 0.4) is 0 Å². The quantitative estimate of drug-likeness (QED) is 0.828. The molecule has 1 aromatic rings. The first kappa shape index (κ1) is 11.9. The first-order valence-corrected chi connectivity index (χ1v) is 5.93. The van der Waals surface area contributed by atoms with Crippen molar-refractivity contribution in [1.82, 2.24) is 5.32 Å². The van der Waals surface area contributed by atoms with Gasteiger partial charge in [-0.05, 0) is 19.1 Å². The van der Waals surface area contributed by atoms with Gasteiger partial charge < -0.3 is 15.3 Å². The number of hydrogen-bond acceptors (Lipinski definition) is 3. The summed E-state index contributed by atoms with van der Waals surface area (Å²) in [6.07, 6.45) is 0.174. The Hall–Kier alpha value is -1.55. The average Bonchev–Trinajstić information content (AvgIpc) is 2.28. The highest BCUT2D eigenvalue weighted by Crippen LogP contribution is 2.17. The van der Waals surface area contributed by atoms with Gasteiger partial charge >= 0.3 is 5.97 Å². The molecule has 4 nitrogen and oxygen atoms in total. The van der Waals surface area contributed by atoms with E-state index in [1.165, 1.54) is 0 Å². The minimum atomic E-state index is -0.746. The van der Waals surface area contributed by atoms with Crippen LogP contribution in [0.1, 0.15) is 13.3 Å². The van der Waals surface area contributed by atoms with Crippen molar-refractivity contribution >= 4 is 11.7 Å². The second kappa shape index (κ2) is 5.19. The molecule has 4 heteroatoms. The molecule has 1 heterocycles. The molecule has 0 spiro atoms. The van der Waals surface area contributed by atoms with Crippen molar-refractivity contribution in [3.8, 4) is 0 Å². The van der Waals surface area contributed by atoms with E-state index in [9.17, 15) is 4.79 Å². The monoisotopic (exact) mass is 234 g/mol. The summed E-state index contributed by atoms with van der Waals surface area (Å²) in [5.41, 5.74) is 1.16. The number of nitrogens with zero attached hydrogens (tertiary/aromatic N) is 1. The van der Waals surface area contributed by atoms with Gasteiger partial charge in [-0.2, -0.15) is 0 Å². The Morgan fingerprint density at radius 3 is 2.76 bits per heavy atom. The molecule has 1 saturated heterocycles. The number of carboxylic acid groups (broad SMARTS) is 1. The van der Waals surface area contributed by atoms with Gasteiger partial charge in [0.2, 0.25) is 0 Å². The molecular weight excluding hydrogens is 216 g/mol. The lowest BCUT2D eigenvalue weighted by atomic mass is 10.1. The lowest BCUT2D eigenvalue weighted by Crippen LogP contribution is -2.56. The lowest BCUT2D eigenvalue weighted by molar-refractivity contribution is -0.137. The van der Waals surface area contributed by atoms with Gasteiger partial charge in [-0.3, -0.25) is 4.79 Å². The van der Waals surface area contributed by atoms with Crippen LogP contribution in [-0.2, 0) is 4.79 Å². The molecule has 92 valence electrons. The van der Waals surface area contributed by atoms with Crippen molar-refractivity contribution in [2.24, 2.45) is 0 Å². The summed E-state index contributed by atoms with van der Waals surface area (Å²) in [4.78, 5) is 13.0. The summed E-state index contributed by atoms with van der Waals surface area (Å²) >= 11 is 0. The molecule has 1 aliphatic rings. The molecule has 2 atom stereocenters. The third-order valence-electron chi connectivity index (χ3n) is 3.00. The number of anilines is 1. The maximum absolute atomic E-state index is 10.8. The van der Waals surface area contributed by atoms with Crippen LogP contribution in [0.25, 0.3) is 0 Å². The third-order valence-corrected chi connectivity index (χ3v) is 3.00. The number of nitrogens with one attached hydrogen (secondary N) is 1. The second-order valence-electron chi connectivity index (χ2n) is 4.60. The fourth-order valence-electron chi connectivity index (χ4n) is 2.36. The first-order chi connectivity index (χ1) is 8.15. The van der Waals surface area contributed by atoms with Crippen molar-refractivity contribution in [2.45, 2.75) is 25.4 Å². The van der Waals surface area contributed by atoms with E-state index < -0.39 is 5.97 Å². The molecule has 1 aromatic carbocycles. The number of benzene rings is 1. The van der Waals surface area contributed by atoms with E-state index in [2.05, 4.69) is 29.3 Å². The van der Waals surface area contributed by atoms with Crippen LogP contribution < -0.4 is 10.2 Å². The number of rotatable bonds is 3. The summed E-state index contributed by atoms with van der Waals surface area (Å²) in [6.45, 7) is 3.75. The molecule has 0 bridgehead atoms. The van der Waals surface area contributed by atoms with Crippen LogP contribution in [0.2, 0.25) is 0 Å². The highest BCUT2D eigenvalue weighted by Gasteiger charge is 2.25. The van der Waals surface area contributed by atoms with Gasteiger partial charge in [0.25, 0.3) is 0 Å². The largest absolute Gasteiger partial charge is 0.481 e. The minimum absolute atomic E-state index is 0.0245. The molecule has 1 aliphatic heterocycles. The summed E-state index contributed by atoms with van der Waals surface area (Å²) in [5, 5.41) is 12.2. The summed E-state index contributed by atoms with van der Waals surface area (Å²) in [6, 6.07) is 10.5. The Bertz CT molecular complexity index is 380. The van der Waals surface area contributed by atoms with E-state index >= 15 is 0 Å². The molecule has 0 aromatic heterocycles. The number of piperazine rings is 1. The molecule has 0 saturated carbocycles. The third kappa shape index (κ3) is 3.20. The topological polar surface area (TPSA) is 52.6 Å². The number of aliphatic carboxylic acids is 1. The van der Waals surface area contributed by atoms with Crippen LogP contribution in [0.4, 0.5) is 5.69 Å². The van der Waals surface area contributed by atoms with Crippen molar-refractivity contribution in [1.29, 1.82) is 0 Å². The Kier molecular flexibility index (Phi) is 3.64. The number of carbonyl (C=O) groups is 1. The fourth-order valence-corrected chi connectivity index (χ4v) is 2.36. The SMILES string of the molecule is C[C@@H]1CN(c2ccccc2)C[C@@H](CC(=O)O)N1. The molecule has 0 radical (unpaired) electrons. The zero-order valence-corrected chi connectivity index (χ0v) is 9.97. The van der Waals surface area contributed by atoms with E-state index in [1.807, 2.05) is 18.2 Å². The number of para-hydroxylation sites is 1. The van der Waals surface area contributed by atoms with Crippen molar-refractivity contribution in [2.75, 3.05) is 18.0 Å². The minimum Gasteiger partial charge on any atom is -0.481 e. The molecule has 0 amide bonds. The zero-order chi connectivity index (χ0) is 12.3. The van der Waals surface area contributed by atoms with Gasteiger partial charge in [0.15, 0.2) is 0 Å². The molecular formula is C13H18N2O2. The van der Waals surface area contributed by atoms with Crippen molar-refractivity contribution in [3.05, 3.63) is 30.3 Å². The summed E-state index contributed by atoms with van der Waals surface area (Å²) in [7, 11) is 0. The first-order valence-electron chi connectivity index (χ1n) is 5.93. The predicted molar refractivity (Wildman–Crippen MR) is 67.3 cm³/mol. The maximum Gasteiger partial charge on any atom is 0.304 e. The standard InChI is InChI=1S/C13H18N2O2/c1-10-8-15(12-5-3-2-4-6-12)9-11(14-10)7-13(16)17/h2-6,10-11,14H,7-9H2,1H3,(H,16,17)/t10-,11-/m1/s1. The fraction of sp³-hybridized carbons (Fsp3) is 0.462. The van der Waals surface area contributed by atoms with E-state index in [1.54, 1.807) is 0 Å². The van der Waals surface area contributed by atoms with Crippen LogP contribution in [0, 0.1) is 0 Å². The lowest BCUT2D eigenvalue weighted by Gasteiger charge is -2.38. The smallest absolute Gasteiger partial charge is 0.304 e. The summed E-state index contributed by atoms with van der Waals surface area (Å²) < 4.78 is 0. The van der Waals surface area contributed by atoms with Gasteiger partial charge in [-0.15, -0.1) is 0 Å². The van der Waals surface area contributed by atoms with Crippen molar-refractivity contribution in [3.63, 3.8) is 0 Å². The molecule has 0 unspecified atom stereocenters. The van der Waals surface area contributed by atoms with E-state index in [-0.39, 0.29) is 12.5 Å². The van der Waals surface area contributed by atoms with Crippen LogP contribution in [0.5, 0.6) is 0 Å². The van der Waals surface area contributed by atoms with E-state index in [0.29, 0.717) is 6.04 Å². The molecule has 0 aliphatic carbocycles. The number of carboxylic acids is 1. The van der Waals surface area contributed by atoms with Gasteiger partial charge in [0, 0.05) is 30.9 Å². The Balaban J connectivity index is 2.06. The Labute approximate surface area is 101 Å². The van der Waals surface area contributed by atoms with Crippen LogP contribution >= 0.6 is 0 Å². The normalized spacial score (nSPS) is 24.6. The van der Waals surface area contributed by atoms with E-state index in [4.69, 9.17) is 5.11 Å². The predicted octanol–water partition coefficient (Wildman–Crippen LogP) is 1.33. The van der Waals surface area contributed by atoms with Gasteiger partial charge in [0.05, 0.1) is 6.42 Å². The Morgan fingerprint density at radius 2 is 2.12 bits per heavy atom. The molecule has 2 rings (SSSR count). The van der Waals surface area contributed by atoms with Crippen LogP contribution in [0.15, 0.2) is 30.3 Å². The highest BCUT2D eigenvalue weighted by atomic mass is 16.4. The second-order valence-corrected chi connectivity index (χ2v) is 4.60. The zero-order valence-electron chi connectivity index (χ0n) is 9.97. The van der Waals surface area contributed by atoms with Crippen molar-refractivity contribution < 1.29 is 9.90 Å². The molecule has 1 fully saturated rings. The maximum atomic E-state index is 10.8. The van der Waals surface area contributed by atoms with E-state index in [0.717, 1.165) is 18.8 Å². The molecule has 17 heavy (non-hydrogen) atoms. The highest BCUT2D eigenvalue weighted by molar-refractivity contribution is 5.67. The summed E-state index contributed by atoms with van der Waals surface area (Å²) in [5.74, 6) is -0.746. The Morgan fingerprint density at radius 1 is 1.41 bits per heavy atom. The van der Waals surface area contributed by atoms with Gasteiger partial charge in [-0.25, -0.2) is 0 Å².